The minimum absolute atomic E-state index is 0.0467. The van der Waals surface area contributed by atoms with Gasteiger partial charge in [0.1, 0.15) is 6.04 Å². The van der Waals surface area contributed by atoms with Gasteiger partial charge in [-0.1, -0.05) is 0 Å². The van der Waals surface area contributed by atoms with E-state index in [1.165, 1.54) is 0 Å². The SMILES string of the molecule is CC(C)OC(=O)C1CCC(CCNCCO)N1. The van der Waals surface area contributed by atoms with E-state index < -0.39 is 0 Å². The Bertz CT molecular complexity index is 234. The summed E-state index contributed by atoms with van der Waals surface area (Å²) in [6, 6.07) is 0.242. The van der Waals surface area contributed by atoms with Gasteiger partial charge in [-0.05, 0) is 39.7 Å². The number of carbonyl (C=O) groups is 1. The summed E-state index contributed by atoms with van der Waals surface area (Å²) in [5, 5.41) is 15.0. The Labute approximate surface area is 103 Å². The van der Waals surface area contributed by atoms with Gasteiger partial charge in [0, 0.05) is 12.6 Å². The molecule has 0 aromatic carbocycles. The fourth-order valence-electron chi connectivity index (χ4n) is 2.03. The monoisotopic (exact) mass is 244 g/mol. The van der Waals surface area contributed by atoms with Gasteiger partial charge < -0.3 is 20.5 Å². The van der Waals surface area contributed by atoms with Crippen LogP contribution in [0.3, 0.4) is 0 Å². The lowest BCUT2D eigenvalue weighted by atomic mass is 10.1. The Morgan fingerprint density at radius 1 is 1.47 bits per heavy atom. The third-order valence-electron chi connectivity index (χ3n) is 2.84. The van der Waals surface area contributed by atoms with E-state index in [4.69, 9.17) is 9.84 Å². The van der Waals surface area contributed by atoms with Crippen molar-refractivity contribution in [1.29, 1.82) is 0 Å². The molecule has 0 bridgehead atoms. The first kappa shape index (κ1) is 14.4. The maximum atomic E-state index is 11.6. The van der Waals surface area contributed by atoms with Crippen LogP contribution >= 0.6 is 0 Å². The van der Waals surface area contributed by atoms with Gasteiger partial charge in [0.15, 0.2) is 0 Å². The lowest BCUT2D eigenvalue weighted by Gasteiger charge is -2.15. The molecule has 2 atom stereocenters. The Kier molecular flexibility index (Phi) is 6.47. The summed E-state index contributed by atoms with van der Waals surface area (Å²) in [6.07, 6.45) is 2.80. The number of ether oxygens (including phenoxy) is 1. The summed E-state index contributed by atoms with van der Waals surface area (Å²) < 4.78 is 5.18. The molecule has 3 N–H and O–H groups in total. The van der Waals surface area contributed by atoms with Crippen LogP contribution in [0.25, 0.3) is 0 Å². The Morgan fingerprint density at radius 2 is 2.24 bits per heavy atom. The number of esters is 1. The summed E-state index contributed by atoms with van der Waals surface area (Å²) in [5.41, 5.74) is 0. The second-order valence-corrected chi connectivity index (χ2v) is 4.74. The Balaban J connectivity index is 2.16. The standard InChI is InChI=1S/C12H24N2O3/c1-9(2)17-12(16)11-4-3-10(14-11)5-6-13-7-8-15/h9-11,13-15H,3-8H2,1-2H3. The van der Waals surface area contributed by atoms with Crippen molar-refractivity contribution in [3.8, 4) is 0 Å². The number of aliphatic hydroxyl groups excluding tert-OH is 1. The molecular weight excluding hydrogens is 220 g/mol. The van der Waals surface area contributed by atoms with Crippen LogP contribution in [0.15, 0.2) is 0 Å². The molecule has 0 radical (unpaired) electrons. The topological polar surface area (TPSA) is 70.6 Å². The zero-order valence-corrected chi connectivity index (χ0v) is 10.7. The molecule has 0 amide bonds. The Morgan fingerprint density at radius 3 is 2.88 bits per heavy atom. The van der Waals surface area contributed by atoms with Crippen molar-refractivity contribution in [2.75, 3.05) is 19.7 Å². The highest BCUT2D eigenvalue weighted by molar-refractivity contribution is 5.76. The number of rotatable bonds is 7. The lowest BCUT2D eigenvalue weighted by molar-refractivity contribution is -0.149. The molecule has 2 unspecified atom stereocenters. The van der Waals surface area contributed by atoms with Crippen molar-refractivity contribution in [2.24, 2.45) is 0 Å². The molecule has 1 aliphatic rings. The van der Waals surface area contributed by atoms with Crippen molar-refractivity contribution in [3.05, 3.63) is 0 Å². The van der Waals surface area contributed by atoms with Gasteiger partial charge in [-0.2, -0.15) is 0 Å². The molecule has 0 saturated carbocycles. The largest absolute Gasteiger partial charge is 0.462 e. The molecule has 5 nitrogen and oxygen atoms in total. The van der Waals surface area contributed by atoms with Crippen LogP contribution in [-0.4, -0.2) is 49.0 Å². The highest BCUT2D eigenvalue weighted by Crippen LogP contribution is 2.16. The minimum Gasteiger partial charge on any atom is -0.462 e. The molecule has 0 aromatic heterocycles. The molecule has 1 rings (SSSR count). The van der Waals surface area contributed by atoms with Crippen molar-refractivity contribution in [3.63, 3.8) is 0 Å². The third-order valence-corrected chi connectivity index (χ3v) is 2.84. The number of nitrogens with one attached hydrogen (secondary N) is 2. The van der Waals surface area contributed by atoms with E-state index in [2.05, 4.69) is 10.6 Å². The molecule has 1 heterocycles. The van der Waals surface area contributed by atoms with E-state index in [9.17, 15) is 4.79 Å². The molecule has 1 fully saturated rings. The van der Waals surface area contributed by atoms with Crippen molar-refractivity contribution in [1.82, 2.24) is 10.6 Å². The van der Waals surface area contributed by atoms with E-state index in [0.717, 1.165) is 25.8 Å². The van der Waals surface area contributed by atoms with Crippen LogP contribution in [0.4, 0.5) is 0 Å². The van der Waals surface area contributed by atoms with Gasteiger partial charge in [-0.3, -0.25) is 4.79 Å². The molecule has 1 aliphatic heterocycles. The van der Waals surface area contributed by atoms with E-state index in [1.54, 1.807) is 0 Å². The number of aliphatic hydroxyl groups is 1. The smallest absolute Gasteiger partial charge is 0.323 e. The van der Waals surface area contributed by atoms with Crippen LogP contribution in [-0.2, 0) is 9.53 Å². The first-order valence-electron chi connectivity index (χ1n) is 6.41. The molecule has 0 aliphatic carbocycles. The molecule has 1 saturated heterocycles. The molecule has 5 heteroatoms. The molecule has 0 aromatic rings. The molecule has 100 valence electrons. The van der Waals surface area contributed by atoms with Crippen LogP contribution in [0.1, 0.15) is 33.1 Å². The van der Waals surface area contributed by atoms with E-state index in [1.807, 2.05) is 13.8 Å². The maximum Gasteiger partial charge on any atom is 0.323 e. The summed E-state index contributed by atoms with van der Waals surface area (Å²) in [6.45, 7) is 5.39. The average Bonchev–Trinajstić information content (AvgIpc) is 2.72. The second-order valence-electron chi connectivity index (χ2n) is 4.74. The quantitative estimate of drug-likeness (QED) is 0.435. The summed E-state index contributed by atoms with van der Waals surface area (Å²) in [7, 11) is 0. The number of carbonyl (C=O) groups excluding carboxylic acids is 1. The third kappa shape index (κ3) is 5.48. The Hall–Kier alpha value is -0.650. The predicted octanol–water partition coefficient (Wildman–Crippen LogP) is 0.0306. The van der Waals surface area contributed by atoms with Gasteiger partial charge in [-0.15, -0.1) is 0 Å². The van der Waals surface area contributed by atoms with Gasteiger partial charge >= 0.3 is 5.97 Å². The number of hydrogen-bond donors (Lipinski definition) is 3. The van der Waals surface area contributed by atoms with Crippen molar-refractivity contribution >= 4 is 5.97 Å². The molecule has 0 spiro atoms. The maximum absolute atomic E-state index is 11.6. The zero-order chi connectivity index (χ0) is 12.7. The fraction of sp³-hybridized carbons (Fsp3) is 0.917. The van der Waals surface area contributed by atoms with Crippen LogP contribution in [0.2, 0.25) is 0 Å². The summed E-state index contributed by atoms with van der Waals surface area (Å²) in [5.74, 6) is -0.134. The van der Waals surface area contributed by atoms with Gasteiger partial charge in [-0.25, -0.2) is 0 Å². The first-order chi connectivity index (χ1) is 8.13. The van der Waals surface area contributed by atoms with Gasteiger partial charge in [0.2, 0.25) is 0 Å². The minimum atomic E-state index is -0.139. The van der Waals surface area contributed by atoms with E-state index >= 15 is 0 Å². The first-order valence-corrected chi connectivity index (χ1v) is 6.41. The summed E-state index contributed by atoms with van der Waals surface area (Å²) in [4.78, 5) is 11.6. The van der Waals surface area contributed by atoms with Crippen molar-refractivity contribution < 1.29 is 14.6 Å². The van der Waals surface area contributed by atoms with Crippen molar-refractivity contribution in [2.45, 2.75) is 51.3 Å². The normalized spacial score (nSPS) is 24.2. The summed E-state index contributed by atoms with van der Waals surface area (Å²) >= 11 is 0. The second kappa shape index (κ2) is 7.63. The van der Waals surface area contributed by atoms with E-state index in [-0.39, 0.29) is 24.7 Å². The average molecular weight is 244 g/mol. The fourth-order valence-corrected chi connectivity index (χ4v) is 2.03. The highest BCUT2D eigenvalue weighted by atomic mass is 16.5. The molecule has 17 heavy (non-hydrogen) atoms. The lowest BCUT2D eigenvalue weighted by Crippen LogP contribution is -2.38. The number of hydrogen-bond acceptors (Lipinski definition) is 5. The van der Waals surface area contributed by atoms with Gasteiger partial charge in [0.25, 0.3) is 0 Å². The molecular formula is C12H24N2O3. The van der Waals surface area contributed by atoms with Crippen LogP contribution < -0.4 is 10.6 Å². The van der Waals surface area contributed by atoms with Crippen LogP contribution in [0, 0.1) is 0 Å². The highest BCUT2D eigenvalue weighted by Gasteiger charge is 2.30. The van der Waals surface area contributed by atoms with Gasteiger partial charge in [0.05, 0.1) is 12.7 Å². The zero-order valence-electron chi connectivity index (χ0n) is 10.7. The van der Waals surface area contributed by atoms with E-state index in [0.29, 0.717) is 12.6 Å². The predicted molar refractivity (Wildman–Crippen MR) is 65.7 cm³/mol. The van der Waals surface area contributed by atoms with Crippen LogP contribution in [0.5, 0.6) is 0 Å².